The van der Waals surface area contributed by atoms with Crippen molar-refractivity contribution in [1.29, 1.82) is 0 Å². The highest BCUT2D eigenvalue weighted by molar-refractivity contribution is 9.10. The lowest BCUT2D eigenvalue weighted by molar-refractivity contribution is -0.129. The number of hydrogen-bond donors (Lipinski definition) is 1. The van der Waals surface area contributed by atoms with Gasteiger partial charge in [0.05, 0.1) is 19.3 Å². The Morgan fingerprint density at radius 2 is 1.85 bits per heavy atom. The van der Waals surface area contributed by atoms with E-state index >= 15 is 0 Å². The van der Waals surface area contributed by atoms with E-state index in [1.807, 2.05) is 19.9 Å². The third-order valence-corrected chi connectivity index (χ3v) is 8.14. The normalized spacial score (nSPS) is 22.6. The molecule has 3 aliphatic rings. The number of carbonyl (C=O) groups excluding carboxylic acids is 1. The number of fused-ring (bicyclic) bond motifs is 4. The summed E-state index contributed by atoms with van der Waals surface area (Å²) in [6.45, 7) is 7.38. The lowest BCUT2D eigenvalue weighted by Crippen LogP contribution is -2.44. The van der Waals surface area contributed by atoms with Crippen LogP contribution in [0.2, 0.25) is 0 Å². The number of hydrogen-bond acceptors (Lipinski definition) is 4. The number of thiocarbonyl (C=S) groups is 1. The van der Waals surface area contributed by atoms with Gasteiger partial charge in [0.15, 0.2) is 5.11 Å². The van der Waals surface area contributed by atoms with Gasteiger partial charge in [-0.2, -0.15) is 0 Å². The van der Waals surface area contributed by atoms with Crippen molar-refractivity contribution in [2.75, 3.05) is 31.2 Å². The highest BCUT2D eigenvalue weighted by Gasteiger charge is 2.51. The Hall–Kier alpha value is -2.42. The summed E-state index contributed by atoms with van der Waals surface area (Å²) in [6.07, 6.45) is 0.649. The van der Waals surface area contributed by atoms with E-state index in [-0.39, 0.29) is 24.0 Å². The van der Waals surface area contributed by atoms with Gasteiger partial charge in [-0.05, 0) is 67.5 Å². The number of benzene rings is 2. The van der Waals surface area contributed by atoms with Crippen LogP contribution in [0.5, 0.6) is 0 Å². The maximum absolute atomic E-state index is 13.5. The van der Waals surface area contributed by atoms with E-state index in [1.54, 1.807) is 4.90 Å². The first-order valence-corrected chi connectivity index (χ1v) is 13.0. The highest BCUT2D eigenvalue weighted by Crippen LogP contribution is 2.45. The third kappa shape index (κ3) is 3.38. The Morgan fingerprint density at radius 3 is 2.56 bits per heavy atom. The van der Waals surface area contributed by atoms with Crippen LogP contribution in [0.1, 0.15) is 36.7 Å². The molecule has 34 heavy (non-hydrogen) atoms. The molecule has 8 heteroatoms. The Balaban J connectivity index is 1.48. The quantitative estimate of drug-likeness (QED) is 0.493. The molecule has 6 rings (SSSR count). The molecule has 1 N–H and O–H groups in total. The molecule has 3 aliphatic heterocycles. The zero-order valence-corrected chi connectivity index (χ0v) is 21.7. The maximum Gasteiger partial charge on any atom is 0.252 e. The number of halogens is 1. The van der Waals surface area contributed by atoms with Gasteiger partial charge in [0.1, 0.15) is 6.04 Å². The fraction of sp³-hybridized carbons (Fsp3) is 0.385. The average molecular weight is 539 g/mol. The summed E-state index contributed by atoms with van der Waals surface area (Å²) in [5.74, 6) is 0.102. The number of rotatable bonds is 3. The molecule has 0 radical (unpaired) electrons. The van der Waals surface area contributed by atoms with Crippen LogP contribution in [0.15, 0.2) is 46.9 Å². The van der Waals surface area contributed by atoms with Gasteiger partial charge < -0.3 is 19.5 Å². The number of anilines is 1. The minimum absolute atomic E-state index is 0.0270. The summed E-state index contributed by atoms with van der Waals surface area (Å²) in [5, 5.41) is 1.79. The van der Waals surface area contributed by atoms with Crippen molar-refractivity contribution in [2.45, 2.75) is 38.4 Å². The number of morpholine rings is 1. The molecule has 3 aromatic rings. The van der Waals surface area contributed by atoms with Crippen LogP contribution in [0.25, 0.3) is 10.9 Å². The first-order valence-electron chi connectivity index (χ1n) is 11.8. The molecule has 4 heterocycles. The van der Waals surface area contributed by atoms with Crippen LogP contribution < -0.4 is 4.90 Å². The van der Waals surface area contributed by atoms with Gasteiger partial charge in [-0.1, -0.05) is 28.1 Å². The van der Waals surface area contributed by atoms with Gasteiger partial charge in [-0.15, -0.1) is 0 Å². The zero-order chi connectivity index (χ0) is 23.6. The molecule has 2 aromatic carbocycles. The molecule has 0 aliphatic carbocycles. The van der Waals surface area contributed by atoms with Crippen molar-refractivity contribution in [3.63, 3.8) is 0 Å². The summed E-state index contributed by atoms with van der Waals surface area (Å²) < 4.78 is 6.54. The number of amides is 1. The molecule has 0 saturated carbocycles. The lowest BCUT2D eigenvalue weighted by atomic mass is 9.89. The van der Waals surface area contributed by atoms with Gasteiger partial charge in [0.2, 0.25) is 0 Å². The summed E-state index contributed by atoms with van der Waals surface area (Å²) in [7, 11) is 0. The summed E-state index contributed by atoms with van der Waals surface area (Å²) in [5.41, 5.74) is 5.76. The van der Waals surface area contributed by atoms with Crippen LogP contribution in [0.3, 0.4) is 0 Å². The molecule has 1 amide bonds. The first-order chi connectivity index (χ1) is 16.4. The van der Waals surface area contributed by atoms with Crippen LogP contribution in [0.4, 0.5) is 5.69 Å². The molecular weight excluding hydrogens is 512 g/mol. The van der Waals surface area contributed by atoms with Crippen LogP contribution in [-0.4, -0.2) is 64.2 Å². The number of nitrogens with zero attached hydrogens (tertiary/aromatic N) is 3. The smallest absolute Gasteiger partial charge is 0.252 e. The van der Waals surface area contributed by atoms with Crippen molar-refractivity contribution in [3.05, 3.63) is 63.8 Å². The largest absolute Gasteiger partial charge is 0.378 e. The van der Waals surface area contributed by atoms with Crippen LogP contribution in [0, 0.1) is 0 Å². The first kappa shape index (κ1) is 22.1. The number of ether oxygens (including phenoxy) is 1. The standard InChI is InChI=1S/C26H27BrN4O2S/c1-15(2)30-25(32)22-14-20-19-13-17(27)5-8-21(19)28-23(20)24(31(22)26(30)34)16-3-6-18(7-4-16)29-9-11-33-12-10-29/h3-8,13,15,22,24,28H,9-12,14H2,1-2H3. The van der Waals surface area contributed by atoms with E-state index in [4.69, 9.17) is 17.0 Å². The van der Waals surface area contributed by atoms with Gasteiger partial charge >= 0.3 is 0 Å². The molecule has 2 fully saturated rings. The van der Waals surface area contributed by atoms with Gasteiger partial charge in [-0.25, -0.2) is 0 Å². The summed E-state index contributed by atoms with van der Waals surface area (Å²) in [4.78, 5) is 23.5. The highest BCUT2D eigenvalue weighted by atomic mass is 79.9. The number of H-pyrrole nitrogens is 1. The predicted octanol–water partition coefficient (Wildman–Crippen LogP) is 4.62. The molecule has 2 unspecified atom stereocenters. The van der Waals surface area contributed by atoms with Crippen molar-refractivity contribution < 1.29 is 9.53 Å². The van der Waals surface area contributed by atoms with Crippen LogP contribution >= 0.6 is 28.1 Å². The monoisotopic (exact) mass is 538 g/mol. The SMILES string of the molecule is CC(C)N1C(=O)C2Cc3c([nH]c4ccc(Br)cc34)C(c3ccc(N4CCOCC4)cc3)N2C1=S. The number of nitrogens with one attached hydrogen (secondary N) is 1. The van der Waals surface area contributed by atoms with Crippen molar-refractivity contribution in [2.24, 2.45) is 0 Å². The van der Waals surface area contributed by atoms with Gasteiger partial charge in [0, 0.05) is 52.3 Å². The minimum Gasteiger partial charge on any atom is -0.378 e. The Labute approximate surface area is 213 Å². The van der Waals surface area contributed by atoms with Crippen molar-refractivity contribution >= 4 is 55.8 Å². The third-order valence-electron chi connectivity index (χ3n) is 7.24. The molecular formula is C26H27BrN4O2S. The number of carbonyl (C=O) groups is 1. The Morgan fingerprint density at radius 1 is 1.12 bits per heavy atom. The molecule has 6 nitrogen and oxygen atoms in total. The van der Waals surface area contributed by atoms with Gasteiger partial charge in [-0.3, -0.25) is 9.69 Å². The van der Waals surface area contributed by atoms with E-state index in [0.29, 0.717) is 11.5 Å². The second kappa shape index (κ2) is 8.36. The molecule has 1 aromatic heterocycles. The summed E-state index contributed by atoms with van der Waals surface area (Å²) in [6, 6.07) is 14.6. The molecule has 0 bridgehead atoms. The fourth-order valence-corrected chi connectivity index (χ4v) is 6.52. The van der Waals surface area contributed by atoms with E-state index in [0.717, 1.165) is 47.6 Å². The molecule has 2 saturated heterocycles. The van der Waals surface area contributed by atoms with Crippen molar-refractivity contribution in [3.8, 4) is 0 Å². The topological polar surface area (TPSA) is 51.8 Å². The van der Waals surface area contributed by atoms with E-state index < -0.39 is 0 Å². The van der Waals surface area contributed by atoms with Crippen LogP contribution in [-0.2, 0) is 16.0 Å². The minimum atomic E-state index is -0.288. The second-order valence-corrected chi connectivity index (χ2v) is 10.8. The molecule has 0 spiro atoms. The fourth-order valence-electron chi connectivity index (χ4n) is 5.63. The molecule has 176 valence electrons. The number of aromatic amines is 1. The zero-order valence-electron chi connectivity index (χ0n) is 19.3. The van der Waals surface area contributed by atoms with E-state index in [2.05, 4.69) is 67.1 Å². The maximum atomic E-state index is 13.5. The Kier molecular flexibility index (Phi) is 5.43. The van der Waals surface area contributed by atoms with Gasteiger partial charge in [0.25, 0.3) is 5.91 Å². The van der Waals surface area contributed by atoms with E-state index in [9.17, 15) is 4.79 Å². The second-order valence-electron chi connectivity index (χ2n) is 9.51. The number of aromatic nitrogens is 1. The lowest BCUT2D eigenvalue weighted by Gasteiger charge is -2.38. The molecule has 2 atom stereocenters. The van der Waals surface area contributed by atoms with Crippen molar-refractivity contribution in [1.82, 2.24) is 14.8 Å². The summed E-state index contributed by atoms with van der Waals surface area (Å²) >= 11 is 9.54. The Bertz CT molecular complexity index is 1280. The van der Waals surface area contributed by atoms with E-state index in [1.165, 1.54) is 16.6 Å². The average Bonchev–Trinajstić information content (AvgIpc) is 3.32. The predicted molar refractivity (Wildman–Crippen MR) is 141 cm³/mol.